The quantitative estimate of drug-likeness (QED) is 0.752. The summed E-state index contributed by atoms with van der Waals surface area (Å²) in [6.07, 6.45) is 6.36. The van der Waals surface area contributed by atoms with E-state index in [-0.39, 0.29) is 0 Å². The second kappa shape index (κ2) is 8.47. The van der Waals surface area contributed by atoms with Crippen LogP contribution in [0.25, 0.3) is 0 Å². The molecule has 0 bridgehead atoms. The van der Waals surface area contributed by atoms with Gasteiger partial charge in [-0.05, 0) is 80.8 Å². The lowest BCUT2D eigenvalue weighted by Crippen LogP contribution is -2.28. The Hall–Kier alpha value is -1.81. The van der Waals surface area contributed by atoms with E-state index < -0.39 is 0 Å². The largest absolute Gasteiger partial charge is 0.493 e. The first-order valence-electron chi connectivity index (χ1n) is 10.7. The van der Waals surface area contributed by atoms with E-state index >= 15 is 0 Å². The smallest absolute Gasteiger partial charge is 0.119 e. The first-order valence-corrected chi connectivity index (χ1v) is 10.7. The summed E-state index contributed by atoms with van der Waals surface area (Å²) in [6, 6.07) is 11.0. The fraction of sp³-hybridized carbons (Fsp3) is 0.609. The van der Waals surface area contributed by atoms with Gasteiger partial charge in [-0.2, -0.15) is 5.10 Å². The molecule has 1 saturated carbocycles. The molecule has 4 nitrogen and oxygen atoms in total. The van der Waals surface area contributed by atoms with Crippen molar-refractivity contribution in [3.63, 3.8) is 0 Å². The molecule has 1 N–H and O–H groups in total. The second-order valence-corrected chi connectivity index (χ2v) is 8.74. The zero-order valence-corrected chi connectivity index (χ0v) is 16.8. The summed E-state index contributed by atoms with van der Waals surface area (Å²) in [5, 5.41) is 8.49. The van der Waals surface area contributed by atoms with Gasteiger partial charge in [-0.3, -0.25) is 4.68 Å². The summed E-state index contributed by atoms with van der Waals surface area (Å²) in [7, 11) is 0. The Morgan fingerprint density at radius 2 is 1.85 bits per heavy atom. The summed E-state index contributed by atoms with van der Waals surface area (Å²) in [5.74, 6) is 3.03. The number of ether oxygens (including phenoxy) is 1. The minimum absolute atomic E-state index is 0.547. The first-order chi connectivity index (χ1) is 13.2. The molecule has 1 aromatic carbocycles. The standard InChI is InChI=1S/C23H33N3O/c1-17(2)16-27-22-7-5-19(6-8-22)15-26-23(20-9-11-24-12-10-20)14-21(25-26)13-18-3-4-18/h5-8,14,17-18,20,24H,3-4,9-13,15-16H2,1-2H3. The fourth-order valence-electron chi connectivity index (χ4n) is 3.90. The van der Waals surface area contributed by atoms with Crippen LogP contribution < -0.4 is 10.1 Å². The summed E-state index contributed by atoms with van der Waals surface area (Å²) >= 11 is 0. The molecule has 1 aliphatic carbocycles. The van der Waals surface area contributed by atoms with Crippen molar-refractivity contribution in [1.82, 2.24) is 15.1 Å². The molecule has 0 atom stereocenters. The number of aromatic nitrogens is 2. The zero-order valence-electron chi connectivity index (χ0n) is 16.8. The molecule has 0 spiro atoms. The van der Waals surface area contributed by atoms with Crippen molar-refractivity contribution in [3.05, 3.63) is 47.3 Å². The van der Waals surface area contributed by atoms with E-state index in [9.17, 15) is 0 Å². The van der Waals surface area contributed by atoms with E-state index in [1.807, 2.05) is 0 Å². The number of rotatable bonds is 8. The molecule has 1 aromatic heterocycles. The third-order valence-corrected chi connectivity index (χ3v) is 5.65. The van der Waals surface area contributed by atoms with Crippen molar-refractivity contribution in [1.29, 1.82) is 0 Å². The number of hydrogen-bond acceptors (Lipinski definition) is 3. The predicted molar refractivity (Wildman–Crippen MR) is 109 cm³/mol. The highest BCUT2D eigenvalue weighted by atomic mass is 16.5. The van der Waals surface area contributed by atoms with Crippen LogP contribution in [0.5, 0.6) is 5.75 Å². The Balaban J connectivity index is 1.48. The highest BCUT2D eigenvalue weighted by Crippen LogP contribution is 2.34. The minimum atomic E-state index is 0.547. The Bertz CT molecular complexity index is 725. The van der Waals surface area contributed by atoms with Gasteiger partial charge < -0.3 is 10.1 Å². The van der Waals surface area contributed by atoms with E-state index in [1.165, 1.54) is 42.6 Å². The highest BCUT2D eigenvalue weighted by molar-refractivity contribution is 5.28. The SMILES string of the molecule is CC(C)COc1ccc(Cn2nc(CC3CC3)cc2C2CCNCC2)cc1. The number of nitrogens with one attached hydrogen (secondary N) is 1. The fourth-order valence-corrected chi connectivity index (χ4v) is 3.90. The Morgan fingerprint density at radius 3 is 2.52 bits per heavy atom. The molecule has 0 unspecified atom stereocenters. The van der Waals surface area contributed by atoms with Crippen LogP contribution in [0.2, 0.25) is 0 Å². The lowest BCUT2D eigenvalue weighted by molar-refractivity contribution is 0.271. The van der Waals surface area contributed by atoms with Gasteiger partial charge in [0.05, 0.1) is 18.8 Å². The Morgan fingerprint density at radius 1 is 1.11 bits per heavy atom. The van der Waals surface area contributed by atoms with Crippen LogP contribution >= 0.6 is 0 Å². The van der Waals surface area contributed by atoms with Gasteiger partial charge in [0.15, 0.2) is 0 Å². The van der Waals surface area contributed by atoms with Gasteiger partial charge in [0.1, 0.15) is 5.75 Å². The highest BCUT2D eigenvalue weighted by Gasteiger charge is 2.25. The van der Waals surface area contributed by atoms with Crippen LogP contribution in [0.1, 0.15) is 62.4 Å². The monoisotopic (exact) mass is 367 g/mol. The van der Waals surface area contributed by atoms with E-state index in [4.69, 9.17) is 9.84 Å². The third-order valence-electron chi connectivity index (χ3n) is 5.65. The molecule has 2 heterocycles. The van der Waals surface area contributed by atoms with Gasteiger partial charge in [-0.25, -0.2) is 0 Å². The molecule has 2 fully saturated rings. The van der Waals surface area contributed by atoms with Crippen LogP contribution in [0.15, 0.2) is 30.3 Å². The summed E-state index contributed by atoms with van der Waals surface area (Å²) in [5.41, 5.74) is 4.03. The molecule has 146 valence electrons. The van der Waals surface area contributed by atoms with Crippen molar-refractivity contribution >= 4 is 0 Å². The van der Waals surface area contributed by atoms with E-state index in [0.717, 1.165) is 44.3 Å². The zero-order chi connectivity index (χ0) is 18.6. The average molecular weight is 368 g/mol. The van der Waals surface area contributed by atoms with E-state index in [2.05, 4.69) is 54.2 Å². The van der Waals surface area contributed by atoms with Crippen molar-refractivity contribution < 1.29 is 4.74 Å². The van der Waals surface area contributed by atoms with Crippen LogP contribution in [-0.4, -0.2) is 29.5 Å². The molecule has 1 aliphatic heterocycles. The first kappa shape index (κ1) is 18.5. The average Bonchev–Trinajstić information content (AvgIpc) is 3.41. The lowest BCUT2D eigenvalue weighted by Gasteiger charge is -2.23. The van der Waals surface area contributed by atoms with Gasteiger partial charge in [0.25, 0.3) is 0 Å². The number of benzene rings is 1. The Labute approximate surface area is 163 Å². The van der Waals surface area contributed by atoms with Crippen LogP contribution in [0.3, 0.4) is 0 Å². The molecule has 4 rings (SSSR count). The third kappa shape index (κ3) is 5.13. The van der Waals surface area contributed by atoms with Crippen LogP contribution in [0, 0.1) is 11.8 Å². The predicted octanol–water partition coefficient (Wildman–Crippen LogP) is 4.39. The van der Waals surface area contributed by atoms with Gasteiger partial charge in [-0.15, -0.1) is 0 Å². The van der Waals surface area contributed by atoms with Crippen LogP contribution in [0.4, 0.5) is 0 Å². The second-order valence-electron chi connectivity index (χ2n) is 8.74. The molecule has 0 amide bonds. The van der Waals surface area contributed by atoms with E-state index in [1.54, 1.807) is 0 Å². The van der Waals surface area contributed by atoms with Crippen molar-refractivity contribution in [2.45, 2.75) is 58.4 Å². The van der Waals surface area contributed by atoms with E-state index in [0.29, 0.717) is 11.8 Å². The molecule has 0 radical (unpaired) electrons. The summed E-state index contributed by atoms with van der Waals surface area (Å²) < 4.78 is 8.09. The molecular weight excluding hydrogens is 334 g/mol. The van der Waals surface area contributed by atoms with Crippen molar-refractivity contribution in [3.8, 4) is 5.75 Å². The van der Waals surface area contributed by atoms with Gasteiger partial charge in [-0.1, -0.05) is 26.0 Å². The normalized spacial score (nSPS) is 18.2. The topological polar surface area (TPSA) is 39.1 Å². The maximum atomic E-state index is 5.82. The van der Waals surface area contributed by atoms with Crippen molar-refractivity contribution in [2.75, 3.05) is 19.7 Å². The molecule has 1 saturated heterocycles. The van der Waals surface area contributed by atoms with Gasteiger partial charge in [0, 0.05) is 11.6 Å². The molecule has 2 aromatic rings. The lowest BCUT2D eigenvalue weighted by atomic mass is 9.94. The number of nitrogens with zero attached hydrogens (tertiary/aromatic N) is 2. The van der Waals surface area contributed by atoms with Crippen LogP contribution in [-0.2, 0) is 13.0 Å². The number of hydrogen-bond donors (Lipinski definition) is 1. The maximum absolute atomic E-state index is 5.82. The minimum Gasteiger partial charge on any atom is -0.493 e. The summed E-state index contributed by atoms with van der Waals surface area (Å²) in [4.78, 5) is 0. The van der Waals surface area contributed by atoms with Gasteiger partial charge in [0.2, 0.25) is 0 Å². The van der Waals surface area contributed by atoms with Crippen molar-refractivity contribution in [2.24, 2.45) is 11.8 Å². The molecular formula is C23H33N3O. The molecule has 2 aliphatic rings. The maximum Gasteiger partial charge on any atom is 0.119 e. The summed E-state index contributed by atoms with van der Waals surface area (Å²) in [6.45, 7) is 8.21. The number of piperidine rings is 1. The molecule has 27 heavy (non-hydrogen) atoms. The van der Waals surface area contributed by atoms with Gasteiger partial charge >= 0.3 is 0 Å². The molecule has 4 heteroatoms. The Kier molecular flexibility index (Phi) is 5.82.